The first-order valence-corrected chi connectivity index (χ1v) is 10.7. The van der Waals surface area contributed by atoms with E-state index in [1.807, 2.05) is 41.5 Å². The van der Waals surface area contributed by atoms with Crippen LogP contribution in [0.5, 0.6) is 0 Å². The van der Waals surface area contributed by atoms with Gasteiger partial charge >= 0.3 is 6.03 Å². The first-order valence-electron chi connectivity index (χ1n) is 9.58. The number of hydrogen-bond acceptors (Lipinski definition) is 3. The van der Waals surface area contributed by atoms with Gasteiger partial charge in [-0.3, -0.25) is 4.79 Å². The highest BCUT2D eigenvalue weighted by Gasteiger charge is 2.28. The molecular weight excluding hydrogens is 346 g/mol. The van der Waals surface area contributed by atoms with Crippen LogP contribution in [0.25, 0.3) is 0 Å². The molecule has 1 N–H and O–H groups in total. The van der Waals surface area contributed by atoms with E-state index in [0.29, 0.717) is 19.6 Å². The number of carbonyl (C=O) groups is 2. The summed E-state index contributed by atoms with van der Waals surface area (Å²) >= 11 is 1.83. The summed E-state index contributed by atoms with van der Waals surface area (Å²) in [4.78, 5) is 28.4. The third-order valence-electron chi connectivity index (χ3n) is 4.83. The number of likely N-dealkylation sites (tertiary alicyclic amines) is 1. The van der Waals surface area contributed by atoms with Gasteiger partial charge < -0.3 is 15.1 Å². The molecule has 0 atom stereocenters. The second-order valence-electron chi connectivity index (χ2n) is 6.55. The number of hydrogen-bond donors (Lipinski definition) is 1. The topological polar surface area (TPSA) is 52.7 Å². The van der Waals surface area contributed by atoms with Gasteiger partial charge in [-0.15, -0.1) is 0 Å². The molecule has 1 saturated heterocycles. The zero-order valence-corrected chi connectivity index (χ0v) is 16.8. The fourth-order valence-corrected chi connectivity index (χ4v) is 4.00. The summed E-state index contributed by atoms with van der Waals surface area (Å²) in [7, 11) is 0. The minimum atomic E-state index is 0.0369. The summed E-state index contributed by atoms with van der Waals surface area (Å²) in [6, 6.07) is 10.5. The van der Waals surface area contributed by atoms with Crippen LogP contribution in [0.1, 0.15) is 32.3 Å². The van der Waals surface area contributed by atoms with Crippen molar-refractivity contribution >= 4 is 23.7 Å². The molecule has 0 aromatic heterocycles. The number of amides is 3. The van der Waals surface area contributed by atoms with Crippen molar-refractivity contribution in [2.24, 2.45) is 5.92 Å². The maximum absolute atomic E-state index is 12.3. The van der Waals surface area contributed by atoms with Crippen LogP contribution in [-0.4, -0.2) is 60.2 Å². The largest absolute Gasteiger partial charge is 0.355 e. The van der Waals surface area contributed by atoms with Crippen molar-refractivity contribution in [3.8, 4) is 0 Å². The monoisotopic (exact) mass is 377 g/mol. The van der Waals surface area contributed by atoms with E-state index in [1.54, 1.807) is 0 Å². The number of piperidine rings is 1. The molecule has 0 spiro atoms. The minimum absolute atomic E-state index is 0.0369. The van der Waals surface area contributed by atoms with E-state index in [2.05, 4.69) is 29.6 Å². The van der Waals surface area contributed by atoms with Crippen molar-refractivity contribution < 1.29 is 9.59 Å². The summed E-state index contributed by atoms with van der Waals surface area (Å²) in [5.41, 5.74) is 1.31. The predicted molar refractivity (Wildman–Crippen MR) is 108 cm³/mol. The smallest absolute Gasteiger partial charge is 0.319 e. The van der Waals surface area contributed by atoms with Gasteiger partial charge in [0.15, 0.2) is 0 Å². The molecule has 1 fully saturated rings. The molecule has 2 rings (SSSR count). The Morgan fingerprint density at radius 1 is 1.15 bits per heavy atom. The van der Waals surface area contributed by atoms with Crippen LogP contribution in [0, 0.1) is 5.92 Å². The van der Waals surface area contributed by atoms with Crippen LogP contribution in [0.3, 0.4) is 0 Å². The molecule has 1 aromatic rings. The standard InChI is InChI=1S/C20H31N3O2S/c1-3-22(4-2)20(25)23-13-10-18(11-14-23)19(24)21-12-15-26-16-17-8-6-5-7-9-17/h5-9,18H,3-4,10-16H2,1-2H3,(H,21,24). The Kier molecular flexibility index (Phi) is 8.81. The van der Waals surface area contributed by atoms with Crippen molar-refractivity contribution in [2.75, 3.05) is 38.5 Å². The second-order valence-corrected chi connectivity index (χ2v) is 7.65. The van der Waals surface area contributed by atoms with E-state index in [9.17, 15) is 9.59 Å². The highest BCUT2D eigenvalue weighted by atomic mass is 32.2. The quantitative estimate of drug-likeness (QED) is 0.708. The average Bonchev–Trinajstić information content (AvgIpc) is 2.69. The highest BCUT2D eigenvalue weighted by Crippen LogP contribution is 2.19. The van der Waals surface area contributed by atoms with Crippen LogP contribution in [-0.2, 0) is 10.5 Å². The Balaban J connectivity index is 1.61. The number of nitrogens with one attached hydrogen (secondary N) is 1. The van der Waals surface area contributed by atoms with Gasteiger partial charge in [-0.25, -0.2) is 4.79 Å². The Morgan fingerprint density at radius 2 is 1.81 bits per heavy atom. The Bertz CT molecular complexity index is 555. The van der Waals surface area contributed by atoms with Gasteiger partial charge in [-0.05, 0) is 32.3 Å². The lowest BCUT2D eigenvalue weighted by molar-refractivity contribution is -0.126. The SMILES string of the molecule is CCN(CC)C(=O)N1CCC(C(=O)NCCSCc2ccccc2)CC1. The average molecular weight is 378 g/mol. The zero-order valence-electron chi connectivity index (χ0n) is 15.9. The number of rotatable bonds is 8. The molecule has 0 bridgehead atoms. The number of benzene rings is 1. The minimum Gasteiger partial charge on any atom is -0.355 e. The van der Waals surface area contributed by atoms with Crippen LogP contribution < -0.4 is 5.32 Å². The lowest BCUT2D eigenvalue weighted by Gasteiger charge is -2.34. The fourth-order valence-electron chi connectivity index (χ4n) is 3.18. The van der Waals surface area contributed by atoms with Crippen molar-refractivity contribution in [2.45, 2.75) is 32.4 Å². The van der Waals surface area contributed by atoms with Gasteiger partial charge in [0.05, 0.1) is 0 Å². The fraction of sp³-hybridized carbons (Fsp3) is 0.600. The van der Waals surface area contributed by atoms with Crippen LogP contribution in [0.2, 0.25) is 0 Å². The van der Waals surface area contributed by atoms with Crippen molar-refractivity contribution in [3.63, 3.8) is 0 Å². The normalized spacial score (nSPS) is 14.9. The zero-order chi connectivity index (χ0) is 18.8. The molecule has 1 aliphatic heterocycles. The summed E-state index contributed by atoms with van der Waals surface area (Å²) in [6.45, 7) is 7.52. The van der Waals surface area contributed by atoms with E-state index in [1.165, 1.54) is 5.56 Å². The molecule has 0 radical (unpaired) electrons. The molecule has 6 heteroatoms. The summed E-state index contributed by atoms with van der Waals surface area (Å²) in [5, 5.41) is 3.05. The third kappa shape index (κ3) is 6.24. The number of nitrogens with zero attached hydrogens (tertiary/aromatic N) is 2. The number of thioether (sulfide) groups is 1. The van der Waals surface area contributed by atoms with Crippen molar-refractivity contribution in [3.05, 3.63) is 35.9 Å². The molecule has 1 aromatic carbocycles. The van der Waals surface area contributed by atoms with E-state index >= 15 is 0 Å². The molecule has 5 nitrogen and oxygen atoms in total. The van der Waals surface area contributed by atoms with Gasteiger partial charge in [0.1, 0.15) is 0 Å². The Morgan fingerprint density at radius 3 is 2.42 bits per heavy atom. The van der Waals surface area contributed by atoms with Crippen molar-refractivity contribution in [1.29, 1.82) is 0 Å². The van der Waals surface area contributed by atoms with Crippen LogP contribution in [0.15, 0.2) is 30.3 Å². The molecule has 1 aliphatic rings. The van der Waals surface area contributed by atoms with E-state index in [-0.39, 0.29) is 17.9 Å². The molecule has 26 heavy (non-hydrogen) atoms. The lowest BCUT2D eigenvalue weighted by atomic mass is 9.96. The van der Waals surface area contributed by atoms with Gasteiger partial charge in [-0.1, -0.05) is 30.3 Å². The van der Waals surface area contributed by atoms with E-state index in [4.69, 9.17) is 0 Å². The second kappa shape index (κ2) is 11.1. The van der Waals surface area contributed by atoms with Gasteiger partial charge in [0.2, 0.25) is 5.91 Å². The third-order valence-corrected chi connectivity index (χ3v) is 5.86. The van der Waals surface area contributed by atoms with Gasteiger partial charge in [0.25, 0.3) is 0 Å². The maximum Gasteiger partial charge on any atom is 0.319 e. The van der Waals surface area contributed by atoms with Crippen LogP contribution >= 0.6 is 11.8 Å². The molecule has 0 saturated carbocycles. The molecule has 1 heterocycles. The Labute approximate surface area is 161 Å². The maximum atomic E-state index is 12.3. The molecular formula is C20H31N3O2S. The van der Waals surface area contributed by atoms with Gasteiger partial charge in [0, 0.05) is 50.1 Å². The molecule has 0 aliphatic carbocycles. The summed E-state index contributed by atoms with van der Waals surface area (Å²) < 4.78 is 0. The number of carbonyl (C=O) groups excluding carboxylic acids is 2. The highest BCUT2D eigenvalue weighted by molar-refractivity contribution is 7.98. The van der Waals surface area contributed by atoms with Crippen LogP contribution in [0.4, 0.5) is 4.79 Å². The van der Waals surface area contributed by atoms with Crippen molar-refractivity contribution in [1.82, 2.24) is 15.1 Å². The first-order chi connectivity index (χ1) is 12.7. The van der Waals surface area contributed by atoms with E-state index in [0.717, 1.165) is 37.4 Å². The molecule has 144 valence electrons. The van der Waals surface area contributed by atoms with Gasteiger partial charge in [-0.2, -0.15) is 11.8 Å². The summed E-state index contributed by atoms with van der Waals surface area (Å²) in [6.07, 6.45) is 1.52. The first kappa shape index (κ1) is 20.6. The lowest BCUT2D eigenvalue weighted by Crippen LogP contribution is -2.48. The molecule has 3 amide bonds. The van der Waals surface area contributed by atoms with E-state index < -0.39 is 0 Å². The Hall–Kier alpha value is -1.69. The summed E-state index contributed by atoms with van der Waals surface area (Å²) in [5.74, 6) is 2.07. The number of urea groups is 1. The predicted octanol–water partition coefficient (Wildman–Crippen LogP) is 3.21. The molecule has 0 unspecified atom stereocenters.